The summed E-state index contributed by atoms with van der Waals surface area (Å²) in [5, 5.41) is 3.05. The molecule has 1 heterocycles. The highest BCUT2D eigenvalue weighted by Crippen LogP contribution is 2.33. The lowest BCUT2D eigenvalue weighted by atomic mass is 10.2. The van der Waals surface area contributed by atoms with Gasteiger partial charge in [0.1, 0.15) is 11.5 Å². The van der Waals surface area contributed by atoms with Crippen molar-refractivity contribution in [3.8, 4) is 23.0 Å². The summed E-state index contributed by atoms with van der Waals surface area (Å²) in [6.45, 7) is 1.65. The number of anilines is 1. The molecule has 2 aromatic carbocycles. The Balaban J connectivity index is 1.76. The highest BCUT2D eigenvalue weighted by Gasteiger charge is 2.14. The van der Waals surface area contributed by atoms with Crippen LogP contribution >= 0.6 is 0 Å². The maximum atomic E-state index is 6.05. The summed E-state index contributed by atoms with van der Waals surface area (Å²) < 4.78 is 22.1. The van der Waals surface area contributed by atoms with Gasteiger partial charge in [-0.1, -0.05) is 12.1 Å². The predicted molar refractivity (Wildman–Crippen MR) is 101 cm³/mol. The first-order valence-electron chi connectivity index (χ1n) is 8.37. The van der Waals surface area contributed by atoms with Gasteiger partial charge in [0.05, 0.1) is 39.7 Å². The van der Waals surface area contributed by atoms with E-state index in [-0.39, 0.29) is 5.96 Å². The predicted octanol–water partition coefficient (Wildman–Crippen LogP) is 2.79. The Kier molecular flexibility index (Phi) is 5.68. The van der Waals surface area contributed by atoms with Gasteiger partial charge < -0.3 is 30.0 Å². The Hall–Kier alpha value is -3.09. The minimum absolute atomic E-state index is 0.267. The summed E-state index contributed by atoms with van der Waals surface area (Å²) >= 11 is 0. The molecule has 26 heavy (non-hydrogen) atoms. The Morgan fingerprint density at radius 3 is 2.81 bits per heavy atom. The van der Waals surface area contributed by atoms with Crippen LogP contribution in [0.5, 0.6) is 23.0 Å². The zero-order valence-corrected chi connectivity index (χ0v) is 15.0. The number of guanidine groups is 1. The van der Waals surface area contributed by atoms with Crippen LogP contribution in [0.3, 0.4) is 0 Å². The number of fused-ring (bicyclic) bond motifs is 1. The number of para-hydroxylation sites is 1. The summed E-state index contributed by atoms with van der Waals surface area (Å²) in [6, 6.07) is 11.2. The van der Waals surface area contributed by atoms with E-state index in [1.54, 1.807) is 26.4 Å². The number of nitrogens with two attached hydrogens (primary N) is 1. The molecule has 3 N–H and O–H groups in total. The van der Waals surface area contributed by atoms with E-state index in [2.05, 4.69) is 10.3 Å². The number of nitrogens with one attached hydrogen (secondary N) is 1. The van der Waals surface area contributed by atoms with E-state index in [0.717, 1.165) is 23.5 Å². The Labute approximate surface area is 152 Å². The summed E-state index contributed by atoms with van der Waals surface area (Å²) in [5.41, 5.74) is 7.65. The molecule has 0 fully saturated rings. The highest BCUT2D eigenvalue weighted by molar-refractivity contribution is 5.94. The molecule has 2 aromatic rings. The van der Waals surface area contributed by atoms with Gasteiger partial charge in [-0.25, -0.2) is 4.99 Å². The molecular weight excluding hydrogens is 334 g/mol. The van der Waals surface area contributed by atoms with Gasteiger partial charge in [-0.3, -0.25) is 0 Å². The molecule has 7 nitrogen and oxygen atoms in total. The molecule has 1 aliphatic rings. The third kappa shape index (κ3) is 4.11. The summed E-state index contributed by atoms with van der Waals surface area (Å²) in [5.74, 6) is 3.09. The molecule has 1 aliphatic heterocycles. The minimum atomic E-state index is 0.267. The molecule has 0 amide bonds. The maximum Gasteiger partial charge on any atom is 0.193 e. The van der Waals surface area contributed by atoms with Gasteiger partial charge in [0.2, 0.25) is 0 Å². The molecule has 0 bridgehead atoms. The Bertz CT molecular complexity index is 792. The lowest BCUT2D eigenvalue weighted by Crippen LogP contribution is -2.23. The molecule has 138 valence electrons. The van der Waals surface area contributed by atoms with Gasteiger partial charge in [-0.05, 0) is 18.2 Å². The van der Waals surface area contributed by atoms with E-state index < -0.39 is 0 Å². The molecule has 0 spiro atoms. The number of ether oxygens (including phenoxy) is 4. The lowest BCUT2D eigenvalue weighted by Gasteiger charge is -2.13. The van der Waals surface area contributed by atoms with Gasteiger partial charge >= 0.3 is 0 Å². The fourth-order valence-electron chi connectivity index (χ4n) is 2.64. The number of aliphatic imine (C=N–C) groups is 1. The van der Waals surface area contributed by atoms with Crippen LogP contribution < -0.4 is 30.0 Å². The third-order valence-corrected chi connectivity index (χ3v) is 3.94. The van der Waals surface area contributed by atoms with Gasteiger partial charge in [0.15, 0.2) is 17.5 Å². The SMILES string of the molecule is COc1ccc(OC)c(NC(N)=NCc2cccc3c2OCCCO3)c1. The van der Waals surface area contributed by atoms with Gasteiger partial charge in [0, 0.05) is 18.1 Å². The zero-order valence-electron chi connectivity index (χ0n) is 15.0. The van der Waals surface area contributed by atoms with Crippen molar-refractivity contribution in [2.75, 3.05) is 32.8 Å². The van der Waals surface area contributed by atoms with Crippen molar-refractivity contribution >= 4 is 11.6 Å². The van der Waals surface area contributed by atoms with E-state index in [9.17, 15) is 0 Å². The summed E-state index contributed by atoms with van der Waals surface area (Å²) in [4.78, 5) is 4.41. The minimum Gasteiger partial charge on any atom is -0.497 e. The maximum absolute atomic E-state index is 6.05. The molecule has 0 aromatic heterocycles. The monoisotopic (exact) mass is 357 g/mol. The third-order valence-electron chi connectivity index (χ3n) is 3.94. The topological polar surface area (TPSA) is 87.3 Å². The number of benzene rings is 2. The molecular formula is C19H23N3O4. The van der Waals surface area contributed by atoms with Crippen LogP contribution in [-0.4, -0.2) is 33.4 Å². The van der Waals surface area contributed by atoms with Crippen LogP contribution in [-0.2, 0) is 6.54 Å². The second-order valence-corrected chi connectivity index (χ2v) is 5.69. The first-order valence-corrected chi connectivity index (χ1v) is 8.37. The number of methoxy groups -OCH3 is 2. The number of nitrogens with zero attached hydrogens (tertiary/aromatic N) is 1. The Morgan fingerprint density at radius 2 is 2.00 bits per heavy atom. The smallest absolute Gasteiger partial charge is 0.193 e. The second-order valence-electron chi connectivity index (χ2n) is 5.69. The standard InChI is InChI=1S/C19H23N3O4/c1-23-14-7-8-16(24-2)15(11-14)22-19(20)21-12-13-5-3-6-17-18(13)26-10-4-9-25-17/h3,5-8,11H,4,9-10,12H2,1-2H3,(H3,20,21,22). The Morgan fingerprint density at radius 1 is 1.15 bits per heavy atom. The number of hydrogen-bond donors (Lipinski definition) is 2. The lowest BCUT2D eigenvalue weighted by molar-refractivity contribution is 0.296. The van der Waals surface area contributed by atoms with Crippen molar-refractivity contribution in [2.45, 2.75) is 13.0 Å². The van der Waals surface area contributed by atoms with Gasteiger partial charge in [0.25, 0.3) is 0 Å². The molecule has 3 rings (SSSR count). The average Bonchev–Trinajstić information content (AvgIpc) is 2.92. The molecule has 0 atom stereocenters. The second kappa shape index (κ2) is 8.33. The van der Waals surface area contributed by atoms with Gasteiger partial charge in [-0.15, -0.1) is 0 Å². The summed E-state index contributed by atoms with van der Waals surface area (Å²) in [6.07, 6.45) is 0.858. The number of hydrogen-bond acceptors (Lipinski definition) is 5. The van der Waals surface area contributed by atoms with Crippen molar-refractivity contribution in [3.05, 3.63) is 42.0 Å². The van der Waals surface area contributed by atoms with Crippen LogP contribution in [0.4, 0.5) is 5.69 Å². The molecule has 0 saturated heterocycles. The van der Waals surface area contributed by atoms with Crippen molar-refractivity contribution in [2.24, 2.45) is 10.7 Å². The van der Waals surface area contributed by atoms with E-state index in [1.807, 2.05) is 24.3 Å². The van der Waals surface area contributed by atoms with Crippen LogP contribution in [0.1, 0.15) is 12.0 Å². The first kappa shape index (κ1) is 17.7. The van der Waals surface area contributed by atoms with Crippen LogP contribution in [0.25, 0.3) is 0 Å². The molecule has 0 aliphatic carbocycles. The van der Waals surface area contributed by atoms with E-state index >= 15 is 0 Å². The van der Waals surface area contributed by atoms with E-state index in [4.69, 9.17) is 24.7 Å². The molecule has 0 radical (unpaired) electrons. The summed E-state index contributed by atoms with van der Waals surface area (Å²) in [7, 11) is 3.20. The number of rotatable bonds is 5. The normalized spacial score (nSPS) is 13.7. The first-order chi connectivity index (χ1) is 12.7. The van der Waals surface area contributed by atoms with E-state index in [0.29, 0.717) is 36.9 Å². The molecule has 7 heteroatoms. The quantitative estimate of drug-likeness (QED) is 0.632. The van der Waals surface area contributed by atoms with Crippen LogP contribution in [0, 0.1) is 0 Å². The van der Waals surface area contributed by atoms with Crippen molar-refractivity contribution in [3.63, 3.8) is 0 Å². The molecule has 0 unspecified atom stereocenters. The highest BCUT2D eigenvalue weighted by atomic mass is 16.5. The fraction of sp³-hybridized carbons (Fsp3) is 0.316. The van der Waals surface area contributed by atoms with Crippen molar-refractivity contribution < 1.29 is 18.9 Å². The van der Waals surface area contributed by atoms with E-state index in [1.165, 1.54) is 0 Å². The fourth-order valence-corrected chi connectivity index (χ4v) is 2.64. The largest absolute Gasteiger partial charge is 0.497 e. The molecule has 0 saturated carbocycles. The van der Waals surface area contributed by atoms with Crippen LogP contribution in [0.15, 0.2) is 41.4 Å². The van der Waals surface area contributed by atoms with Crippen molar-refractivity contribution in [1.82, 2.24) is 0 Å². The van der Waals surface area contributed by atoms with Gasteiger partial charge in [-0.2, -0.15) is 0 Å². The van der Waals surface area contributed by atoms with Crippen molar-refractivity contribution in [1.29, 1.82) is 0 Å². The van der Waals surface area contributed by atoms with Crippen LogP contribution in [0.2, 0.25) is 0 Å². The average molecular weight is 357 g/mol. The zero-order chi connectivity index (χ0) is 18.4.